The van der Waals surface area contributed by atoms with Gasteiger partial charge in [-0.3, -0.25) is 0 Å². The molecule has 0 atom stereocenters. The van der Waals surface area contributed by atoms with Crippen molar-refractivity contribution < 1.29 is 9.47 Å². The fraction of sp³-hybridized carbons (Fsp3) is 0.500. The molecule has 0 radical (unpaired) electrons. The molecular formula is C12H17ClO2. The van der Waals surface area contributed by atoms with Crippen molar-refractivity contribution in [2.75, 3.05) is 13.7 Å². The lowest BCUT2D eigenvalue weighted by atomic mass is 9.99. The molecule has 1 aromatic rings. The Balaban J connectivity index is 2.70. The number of rotatable bonds is 3. The number of halogens is 1. The van der Waals surface area contributed by atoms with Crippen LogP contribution < -0.4 is 9.47 Å². The van der Waals surface area contributed by atoms with Gasteiger partial charge in [0, 0.05) is 6.07 Å². The third kappa shape index (κ3) is 4.00. The van der Waals surface area contributed by atoms with Crippen LogP contribution in [-0.2, 0) is 0 Å². The van der Waals surface area contributed by atoms with Gasteiger partial charge in [0.1, 0.15) is 11.5 Å². The zero-order valence-electron chi connectivity index (χ0n) is 9.63. The summed E-state index contributed by atoms with van der Waals surface area (Å²) >= 11 is 5.91. The molecule has 0 unspecified atom stereocenters. The number of methoxy groups -OCH3 is 1. The highest BCUT2D eigenvalue weighted by Gasteiger charge is 2.11. The first-order chi connectivity index (χ1) is 6.92. The van der Waals surface area contributed by atoms with Gasteiger partial charge in [0.05, 0.1) is 18.7 Å². The van der Waals surface area contributed by atoms with Crippen molar-refractivity contribution in [2.24, 2.45) is 5.41 Å². The minimum atomic E-state index is 0.146. The largest absolute Gasteiger partial charge is 0.495 e. The topological polar surface area (TPSA) is 18.5 Å². The van der Waals surface area contributed by atoms with Crippen LogP contribution in [0.3, 0.4) is 0 Å². The molecule has 0 spiro atoms. The van der Waals surface area contributed by atoms with E-state index in [0.29, 0.717) is 17.4 Å². The Morgan fingerprint density at radius 1 is 1.27 bits per heavy atom. The van der Waals surface area contributed by atoms with Crippen LogP contribution in [0.1, 0.15) is 20.8 Å². The Labute approximate surface area is 96.2 Å². The summed E-state index contributed by atoms with van der Waals surface area (Å²) in [5.74, 6) is 1.43. The highest BCUT2D eigenvalue weighted by atomic mass is 35.5. The second-order valence-corrected chi connectivity index (χ2v) is 5.05. The van der Waals surface area contributed by atoms with E-state index in [2.05, 4.69) is 20.8 Å². The van der Waals surface area contributed by atoms with Crippen molar-refractivity contribution in [1.29, 1.82) is 0 Å². The fourth-order valence-corrected chi connectivity index (χ4v) is 1.22. The van der Waals surface area contributed by atoms with Crippen molar-refractivity contribution in [3.8, 4) is 11.5 Å². The van der Waals surface area contributed by atoms with E-state index < -0.39 is 0 Å². The molecule has 0 amide bonds. The molecule has 1 aromatic carbocycles. The predicted molar refractivity (Wildman–Crippen MR) is 63.0 cm³/mol. The van der Waals surface area contributed by atoms with Gasteiger partial charge in [0.15, 0.2) is 0 Å². The van der Waals surface area contributed by atoms with Gasteiger partial charge in [0.25, 0.3) is 0 Å². The van der Waals surface area contributed by atoms with Crippen LogP contribution in [0.25, 0.3) is 0 Å². The van der Waals surface area contributed by atoms with Gasteiger partial charge < -0.3 is 9.47 Å². The molecule has 2 nitrogen and oxygen atoms in total. The van der Waals surface area contributed by atoms with Gasteiger partial charge in [-0.1, -0.05) is 32.4 Å². The van der Waals surface area contributed by atoms with Crippen molar-refractivity contribution in [1.82, 2.24) is 0 Å². The van der Waals surface area contributed by atoms with Crippen LogP contribution in [0.4, 0.5) is 0 Å². The van der Waals surface area contributed by atoms with Crippen molar-refractivity contribution >= 4 is 11.6 Å². The third-order valence-electron chi connectivity index (χ3n) is 1.79. The third-order valence-corrected chi connectivity index (χ3v) is 2.11. The van der Waals surface area contributed by atoms with Crippen LogP contribution in [-0.4, -0.2) is 13.7 Å². The Bertz CT molecular complexity index is 329. The van der Waals surface area contributed by atoms with Crippen LogP contribution in [0, 0.1) is 5.41 Å². The maximum atomic E-state index is 5.91. The van der Waals surface area contributed by atoms with Crippen molar-refractivity contribution in [3.63, 3.8) is 0 Å². The van der Waals surface area contributed by atoms with E-state index in [-0.39, 0.29) is 5.41 Å². The normalized spacial score (nSPS) is 11.3. The van der Waals surface area contributed by atoms with E-state index in [1.165, 1.54) is 0 Å². The van der Waals surface area contributed by atoms with Crippen molar-refractivity contribution in [3.05, 3.63) is 23.2 Å². The number of ether oxygens (including phenoxy) is 2. The maximum Gasteiger partial charge on any atom is 0.141 e. The Morgan fingerprint density at radius 2 is 1.93 bits per heavy atom. The minimum absolute atomic E-state index is 0.146. The molecular weight excluding hydrogens is 212 g/mol. The molecule has 0 saturated heterocycles. The molecule has 0 N–H and O–H groups in total. The highest BCUT2D eigenvalue weighted by molar-refractivity contribution is 6.32. The lowest BCUT2D eigenvalue weighted by Gasteiger charge is -2.19. The number of hydrogen-bond donors (Lipinski definition) is 0. The summed E-state index contributed by atoms with van der Waals surface area (Å²) < 4.78 is 10.7. The van der Waals surface area contributed by atoms with Gasteiger partial charge in [-0.05, 0) is 17.5 Å². The first-order valence-electron chi connectivity index (χ1n) is 4.89. The molecule has 1 rings (SSSR count). The zero-order valence-corrected chi connectivity index (χ0v) is 10.4. The van der Waals surface area contributed by atoms with E-state index in [0.717, 1.165) is 5.75 Å². The molecule has 0 bridgehead atoms. The monoisotopic (exact) mass is 228 g/mol. The first kappa shape index (κ1) is 12.2. The van der Waals surface area contributed by atoms with E-state index in [9.17, 15) is 0 Å². The summed E-state index contributed by atoms with van der Waals surface area (Å²) in [5, 5.41) is 0.598. The molecule has 15 heavy (non-hydrogen) atoms. The second-order valence-electron chi connectivity index (χ2n) is 4.65. The van der Waals surface area contributed by atoms with Crippen molar-refractivity contribution in [2.45, 2.75) is 20.8 Å². The molecule has 84 valence electrons. The average Bonchev–Trinajstić information content (AvgIpc) is 2.15. The number of benzene rings is 1. The predicted octanol–water partition coefficient (Wildman–Crippen LogP) is 3.77. The van der Waals surface area contributed by atoms with Gasteiger partial charge in [-0.2, -0.15) is 0 Å². The average molecular weight is 229 g/mol. The maximum absolute atomic E-state index is 5.91. The van der Waals surface area contributed by atoms with Gasteiger partial charge >= 0.3 is 0 Å². The molecule has 3 heteroatoms. The van der Waals surface area contributed by atoms with Crippen LogP contribution in [0.2, 0.25) is 5.02 Å². The molecule has 0 aliphatic rings. The fourth-order valence-electron chi connectivity index (χ4n) is 1.03. The molecule has 0 saturated carbocycles. The standard InChI is InChI=1S/C12H17ClO2/c1-12(2,3)8-15-9-5-6-10(13)11(7-9)14-4/h5-7H,8H2,1-4H3. The Hall–Kier alpha value is -0.890. The summed E-state index contributed by atoms with van der Waals surface area (Å²) in [6.45, 7) is 7.04. The van der Waals surface area contributed by atoms with Crippen LogP contribution >= 0.6 is 11.6 Å². The summed E-state index contributed by atoms with van der Waals surface area (Å²) in [6.07, 6.45) is 0. The quantitative estimate of drug-likeness (QED) is 0.784. The minimum Gasteiger partial charge on any atom is -0.495 e. The van der Waals surface area contributed by atoms with E-state index >= 15 is 0 Å². The number of hydrogen-bond acceptors (Lipinski definition) is 2. The van der Waals surface area contributed by atoms with E-state index in [1.54, 1.807) is 19.2 Å². The van der Waals surface area contributed by atoms with Gasteiger partial charge in [0.2, 0.25) is 0 Å². The smallest absolute Gasteiger partial charge is 0.141 e. The molecule has 0 heterocycles. The summed E-state index contributed by atoms with van der Waals surface area (Å²) in [7, 11) is 1.59. The first-order valence-corrected chi connectivity index (χ1v) is 5.26. The molecule has 0 aromatic heterocycles. The lowest BCUT2D eigenvalue weighted by Crippen LogP contribution is -2.16. The Morgan fingerprint density at radius 3 is 2.47 bits per heavy atom. The molecule has 0 fully saturated rings. The summed E-state index contributed by atoms with van der Waals surface area (Å²) in [4.78, 5) is 0. The van der Waals surface area contributed by atoms with Crippen LogP contribution in [0.5, 0.6) is 11.5 Å². The van der Waals surface area contributed by atoms with E-state index in [1.807, 2.05) is 6.07 Å². The van der Waals surface area contributed by atoms with Gasteiger partial charge in [-0.25, -0.2) is 0 Å². The molecule has 0 aliphatic heterocycles. The van der Waals surface area contributed by atoms with Crippen LogP contribution in [0.15, 0.2) is 18.2 Å². The molecule has 0 aliphatic carbocycles. The lowest BCUT2D eigenvalue weighted by molar-refractivity contribution is 0.197. The summed E-state index contributed by atoms with van der Waals surface area (Å²) in [6, 6.07) is 5.42. The summed E-state index contributed by atoms with van der Waals surface area (Å²) in [5.41, 5.74) is 0.146. The highest BCUT2D eigenvalue weighted by Crippen LogP contribution is 2.29. The van der Waals surface area contributed by atoms with Gasteiger partial charge in [-0.15, -0.1) is 0 Å². The van der Waals surface area contributed by atoms with E-state index in [4.69, 9.17) is 21.1 Å². The Kier molecular flexibility index (Phi) is 3.86. The zero-order chi connectivity index (χ0) is 11.5. The second kappa shape index (κ2) is 4.75. The SMILES string of the molecule is COc1cc(OCC(C)(C)C)ccc1Cl.